The fraction of sp³-hybridized carbons (Fsp3) is 0.324. The number of nitrogens with one attached hydrogen (secondary N) is 2. The largest absolute Gasteiger partial charge is 0.355 e. The predicted octanol–water partition coefficient (Wildman–Crippen LogP) is 5.74. The van der Waals surface area contributed by atoms with E-state index in [0.717, 1.165) is 11.1 Å². The van der Waals surface area contributed by atoms with Crippen LogP contribution >= 0.6 is 0 Å². The monoisotopic (exact) mass is 660 g/mol. The van der Waals surface area contributed by atoms with Crippen LogP contribution in [-0.4, -0.2) is 61.1 Å². The first-order valence-corrected chi connectivity index (χ1v) is 16.2. The highest BCUT2D eigenvalue weighted by Crippen LogP contribution is 2.41. The summed E-state index contributed by atoms with van der Waals surface area (Å²) in [5.74, 6) is -2.16. The molecule has 0 bridgehead atoms. The Labute approximate surface area is 282 Å². The summed E-state index contributed by atoms with van der Waals surface area (Å²) in [5.41, 5.74) is 3.58. The number of benzene rings is 1. The highest BCUT2D eigenvalue weighted by molar-refractivity contribution is 6.02. The molecule has 0 spiro atoms. The van der Waals surface area contributed by atoms with Gasteiger partial charge in [0.15, 0.2) is 0 Å². The van der Waals surface area contributed by atoms with Crippen molar-refractivity contribution < 1.29 is 14.0 Å². The number of carbonyl (C=O) groups excluding carboxylic acids is 2. The summed E-state index contributed by atoms with van der Waals surface area (Å²) in [6, 6.07) is 8.51. The molecule has 6 rings (SSSR count). The zero-order valence-corrected chi connectivity index (χ0v) is 28.1. The maximum Gasteiger partial charge on any atom is 0.270 e. The molecule has 0 aliphatic carbocycles. The van der Waals surface area contributed by atoms with Crippen LogP contribution in [0.2, 0.25) is 0 Å². The van der Waals surface area contributed by atoms with Crippen LogP contribution in [0.25, 0.3) is 38.9 Å². The van der Waals surface area contributed by atoms with E-state index in [1.807, 2.05) is 39.8 Å². The highest BCUT2D eigenvalue weighted by atomic mass is 19.1. The molecule has 5 aromatic rings. The second-order valence-corrected chi connectivity index (χ2v) is 12.8. The van der Waals surface area contributed by atoms with Crippen LogP contribution in [0.5, 0.6) is 0 Å². The van der Waals surface area contributed by atoms with Gasteiger partial charge in [-0.1, -0.05) is 26.5 Å². The topological polar surface area (TPSA) is 150 Å². The molecular weight excluding hydrogens is 623 g/mol. The lowest BCUT2D eigenvalue weighted by molar-refractivity contribution is -0.129. The number of aryl methyl sites for hydroxylation is 2. The lowest BCUT2D eigenvalue weighted by Gasteiger charge is -2.39. The first-order valence-electron chi connectivity index (χ1n) is 16.2. The number of hydrogen-bond donors (Lipinski definition) is 2. The van der Waals surface area contributed by atoms with Gasteiger partial charge in [0.05, 0.1) is 35.6 Å². The highest BCUT2D eigenvalue weighted by Gasteiger charge is 2.37. The van der Waals surface area contributed by atoms with Crippen molar-refractivity contribution in [2.75, 3.05) is 13.6 Å². The normalized spacial score (nSPS) is 16.2. The minimum absolute atomic E-state index is 0.0326. The van der Waals surface area contributed by atoms with Crippen LogP contribution in [0.3, 0.4) is 0 Å². The Hall–Kier alpha value is -5.70. The van der Waals surface area contributed by atoms with Crippen molar-refractivity contribution in [3.63, 3.8) is 0 Å². The van der Waals surface area contributed by atoms with E-state index in [2.05, 4.69) is 33.1 Å². The Bertz CT molecular complexity index is 2260. The second kappa shape index (κ2) is 13.1. The molecule has 11 nitrogen and oxygen atoms in total. The summed E-state index contributed by atoms with van der Waals surface area (Å²) >= 11 is 0. The van der Waals surface area contributed by atoms with Gasteiger partial charge in [0.25, 0.3) is 11.5 Å². The molecular formula is C37H37FN8O3. The maximum atomic E-state index is 16.7. The number of nitrogens with zero attached hydrogens (tertiary/aromatic N) is 6. The number of piperidine rings is 1. The zero-order valence-electron chi connectivity index (χ0n) is 28.1. The Balaban J connectivity index is 1.76. The van der Waals surface area contributed by atoms with E-state index < -0.39 is 29.2 Å². The standard InChI is InChI=1S/C37H37FN8O3/c1-7-28(47)45-15-12-22(16-23(45)10-13-39)30-24-17-26(38)33(29-20(4)8-9-27-25(29)18-42-44-27)43-35(24)46(37(49)31(30)36(48)40-6)34-21(5)11-14-41-32(34)19(2)3/h7-9,11,14,17-19,22-23H,1,10,12,15-16H2,2-6H3,(H,40,48)(H,42,44)/t22?,23-/m0/s1. The second-order valence-electron chi connectivity index (χ2n) is 12.8. The van der Waals surface area contributed by atoms with E-state index in [1.54, 1.807) is 23.4 Å². The molecule has 12 heteroatoms. The summed E-state index contributed by atoms with van der Waals surface area (Å²) in [7, 11) is 1.44. The molecule has 1 unspecified atom stereocenters. The Morgan fingerprint density at radius 2 is 2.00 bits per heavy atom. The minimum atomic E-state index is -0.640. The van der Waals surface area contributed by atoms with Gasteiger partial charge in [-0.3, -0.25) is 29.0 Å². The number of aromatic amines is 1. The SMILES string of the molecule is C=CC(=O)N1CCC(c2c(C(=O)NC)c(=O)n(-c3c(C)ccnc3C(C)C)c3nc(-c4c(C)ccc5[nH]ncc45)c(F)cc23)C[C@@H]1CC#N. The molecule has 0 saturated carbocycles. The smallest absolute Gasteiger partial charge is 0.270 e. The Morgan fingerprint density at radius 3 is 2.69 bits per heavy atom. The summed E-state index contributed by atoms with van der Waals surface area (Å²) < 4.78 is 18.1. The van der Waals surface area contributed by atoms with Gasteiger partial charge < -0.3 is 10.2 Å². The molecule has 1 aliphatic rings. The molecule has 49 heavy (non-hydrogen) atoms. The molecule has 1 aliphatic heterocycles. The first kappa shape index (κ1) is 33.2. The number of nitriles is 1. The summed E-state index contributed by atoms with van der Waals surface area (Å²) in [6.07, 6.45) is 5.18. The van der Waals surface area contributed by atoms with E-state index in [1.165, 1.54) is 23.8 Å². The average molecular weight is 661 g/mol. The van der Waals surface area contributed by atoms with Crippen molar-refractivity contribution in [1.29, 1.82) is 5.26 Å². The number of halogens is 1. The van der Waals surface area contributed by atoms with E-state index in [0.29, 0.717) is 45.2 Å². The van der Waals surface area contributed by atoms with Gasteiger partial charge in [0.2, 0.25) is 5.91 Å². The molecule has 2 amide bonds. The van der Waals surface area contributed by atoms with Crippen LogP contribution in [-0.2, 0) is 4.79 Å². The third-order valence-electron chi connectivity index (χ3n) is 9.50. The fourth-order valence-electron chi connectivity index (χ4n) is 7.20. The number of pyridine rings is 3. The van der Waals surface area contributed by atoms with Crippen LogP contribution in [0.15, 0.2) is 54.1 Å². The molecule has 2 atom stereocenters. The first-order chi connectivity index (χ1) is 23.5. The Kier molecular flexibility index (Phi) is 8.86. The number of H-pyrrole nitrogens is 1. The molecule has 1 aromatic carbocycles. The van der Waals surface area contributed by atoms with Gasteiger partial charge in [-0.25, -0.2) is 9.37 Å². The van der Waals surface area contributed by atoms with Crippen molar-refractivity contribution >= 4 is 33.8 Å². The number of rotatable bonds is 7. The lowest BCUT2D eigenvalue weighted by Crippen LogP contribution is -2.45. The summed E-state index contributed by atoms with van der Waals surface area (Å²) in [6.45, 7) is 11.5. The lowest BCUT2D eigenvalue weighted by atomic mass is 9.80. The van der Waals surface area contributed by atoms with Crippen LogP contribution in [0.1, 0.15) is 77.7 Å². The van der Waals surface area contributed by atoms with Gasteiger partial charge >= 0.3 is 0 Å². The summed E-state index contributed by atoms with van der Waals surface area (Å²) in [5, 5.41) is 20.3. The van der Waals surface area contributed by atoms with Crippen molar-refractivity contribution in [2.45, 2.75) is 64.8 Å². The fourth-order valence-corrected chi connectivity index (χ4v) is 7.20. The van der Waals surface area contributed by atoms with E-state index in [4.69, 9.17) is 4.98 Å². The molecule has 4 aromatic heterocycles. The van der Waals surface area contributed by atoms with E-state index in [9.17, 15) is 19.6 Å². The van der Waals surface area contributed by atoms with Gasteiger partial charge in [-0.05, 0) is 79.5 Å². The van der Waals surface area contributed by atoms with Crippen molar-refractivity contribution in [3.8, 4) is 23.0 Å². The number of aromatic nitrogens is 5. The van der Waals surface area contributed by atoms with Crippen molar-refractivity contribution in [1.82, 2.24) is 34.9 Å². The van der Waals surface area contributed by atoms with E-state index >= 15 is 4.39 Å². The molecule has 0 radical (unpaired) electrons. The maximum absolute atomic E-state index is 16.7. The number of likely N-dealkylation sites (tertiary alicyclic amines) is 1. The van der Waals surface area contributed by atoms with Gasteiger partial charge in [0.1, 0.15) is 22.7 Å². The van der Waals surface area contributed by atoms with Crippen molar-refractivity contribution in [3.05, 3.63) is 93.4 Å². The Morgan fingerprint density at radius 1 is 1.22 bits per heavy atom. The predicted molar refractivity (Wildman–Crippen MR) is 185 cm³/mol. The number of fused-ring (bicyclic) bond motifs is 2. The quantitative estimate of drug-likeness (QED) is 0.212. The molecule has 2 N–H and O–H groups in total. The van der Waals surface area contributed by atoms with Gasteiger partial charge in [0, 0.05) is 42.2 Å². The van der Waals surface area contributed by atoms with E-state index in [-0.39, 0.29) is 48.1 Å². The van der Waals surface area contributed by atoms with Crippen molar-refractivity contribution in [2.24, 2.45) is 0 Å². The molecule has 1 saturated heterocycles. The third kappa shape index (κ3) is 5.55. The third-order valence-corrected chi connectivity index (χ3v) is 9.50. The van der Waals surface area contributed by atoms with Crippen LogP contribution in [0, 0.1) is 31.0 Å². The number of carbonyl (C=O) groups is 2. The minimum Gasteiger partial charge on any atom is -0.355 e. The molecule has 1 fully saturated rings. The average Bonchev–Trinajstić information content (AvgIpc) is 3.56. The number of amides is 2. The number of hydrogen-bond acceptors (Lipinski definition) is 7. The molecule has 5 heterocycles. The van der Waals surface area contributed by atoms with Crippen LogP contribution in [0.4, 0.5) is 4.39 Å². The van der Waals surface area contributed by atoms with Crippen LogP contribution < -0.4 is 10.9 Å². The van der Waals surface area contributed by atoms with Gasteiger partial charge in [-0.15, -0.1) is 0 Å². The van der Waals surface area contributed by atoms with Gasteiger partial charge in [-0.2, -0.15) is 10.4 Å². The molecule has 250 valence electrons. The summed E-state index contributed by atoms with van der Waals surface area (Å²) in [4.78, 5) is 52.7. The zero-order chi connectivity index (χ0) is 35.1.